The van der Waals surface area contributed by atoms with Gasteiger partial charge in [0.15, 0.2) is 0 Å². The molecular formula is C13H26N2O2. The van der Waals surface area contributed by atoms with Crippen molar-refractivity contribution in [1.29, 1.82) is 0 Å². The summed E-state index contributed by atoms with van der Waals surface area (Å²) < 4.78 is 11.0. The van der Waals surface area contributed by atoms with Crippen molar-refractivity contribution in [2.75, 3.05) is 46.0 Å². The van der Waals surface area contributed by atoms with Gasteiger partial charge in [-0.2, -0.15) is 0 Å². The molecule has 3 atom stereocenters. The van der Waals surface area contributed by atoms with Crippen LogP contribution in [0.3, 0.4) is 0 Å². The highest BCUT2D eigenvalue weighted by Gasteiger charge is 2.22. The maximum atomic E-state index is 5.63. The Bertz CT molecular complexity index is 219. The largest absolute Gasteiger partial charge is 0.381 e. The van der Waals surface area contributed by atoms with Crippen molar-refractivity contribution in [2.45, 2.75) is 32.4 Å². The molecule has 3 unspecified atom stereocenters. The molecule has 2 aliphatic rings. The van der Waals surface area contributed by atoms with Crippen LogP contribution in [-0.2, 0) is 9.47 Å². The molecule has 0 radical (unpaired) electrons. The predicted octanol–water partition coefficient (Wildman–Crippen LogP) is 0.722. The van der Waals surface area contributed by atoms with Crippen molar-refractivity contribution in [3.05, 3.63) is 0 Å². The smallest absolute Gasteiger partial charge is 0.0674 e. The highest BCUT2D eigenvalue weighted by atomic mass is 16.5. The molecule has 2 heterocycles. The Kier molecular flexibility index (Phi) is 5.22. The summed E-state index contributed by atoms with van der Waals surface area (Å²) in [5, 5.41) is 3.55. The number of hydrogen-bond donors (Lipinski definition) is 1. The third-order valence-corrected chi connectivity index (χ3v) is 3.77. The summed E-state index contributed by atoms with van der Waals surface area (Å²) in [7, 11) is 0. The van der Waals surface area contributed by atoms with Gasteiger partial charge in [0.25, 0.3) is 0 Å². The molecule has 0 saturated carbocycles. The highest BCUT2D eigenvalue weighted by Crippen LogP contribution is 2.11. The minimum absolute atomic E-state index is 0.384. The molecule has 2 saturated heterocycles. The molecule has 0 amide bonds. The van der Waals surface area contributed by atoms with E-state index < -0.39 is 0 Å². The molecule has 4 nitrogen and oxygen atoms in total. The fourth-order valence-corrected chi connectivity index (χ4v) is 2.56. The van der Waals surface area contributed by atoms with Gasteiger partial charge in [0, 0.05) is 38.8 Å². The molecule has 2 aliphatic heterocycles. The number of hydrogen-bond acceptors (Lipinski definition) is 4. The van der Waals surface area contributed by atoms with E-state index in [1.54, 1.807) is 0 Å². The Morgan fingerprint density at radius 3 is 2.94 bits per heavy atom. The van der Waals surface area contributed by atoms with Crippen LogP contribution < -0.4 is 5.32 Å². The number of nitrogens with one attached hydrogen (secondary N) is 1. The Hall–Kier alpha value is -0.160. The standard InChI is InChI=1S/C13H26N2O2/c1-11-9-17-12(2)8-15(11)5-4-14-7-13-3-6-16-10-13/h11-14H,3-10H2,1-2H3. The normalized spacial score (nSPS) is 35.3. The molecule has 0 spiro atoms. The van der Waals surface area contributed by atoms with Gasteiger partial charge in [0.05, 0.1) is 19.3 Å². The van der Waals surface area contributed by atoms with E-state index in [9.17, 15) is 0 Å². The van der Waals surface area contributed by atoms with Crippen LogP contribution in [-0.4, -0.2) is 63.0 Å². The van der Waals surface area contributed by atoms with E-state index in [0.29, 0.717) is 12.1 Å². The summed E-state index contributed by atoms with van der Waals surface area (Å²) >= 11 is 0. The second-order valence-electron chi connectivity index (χ2n) is 5.42. The van der Waals surface area contributed by atoms with Gasteiger partial charge in [-0.3, -0.25) is 4.90 Å². The lowest BCUT2D eigenvalue weighted by atomic mass is 10.1. The van der Waals surface area contributed by atoms with E-state index in [-0.39, 0.29) is 0 Å². The van der Waals surface area contributed by atoms with Gasteiger partial charge in [0.2, 0.25) is 0 Å². The van der Waals surface area contributed by atoms with Crippen LogP contribution in [0.5, 0.6) is 0 Å². The van der Waals surface area contributed by atoms with E-state index in [1.165, 1.54) is 6.42 Å². The zero-order valence-corrected chi connectivity index (χ0v) is 11.2. The van der Waals surface area contributed by atoms with Gasteiger partial charge in [-0.15, -0.1) is 0 Å². The summed E-state index contributed by atoms with van der Waals surface area (Å²) in [4.78, 5) is 2.52. The maximum absolute atomic E-state index is 5.63. The topological polar surface area (TPSA) is 33.7 Å². The van der Waals surface area contributed by atoms with E-state index in [4.69, 9.17) is 9.47 Å². The molecule has 4 heteroatoms. The second kappa shape index (κ2) is 6.69. The molecule has 100 valence electrons. The summed E-state index contributed by atoms with van der Waals surface area (Å²) in [6.07, 6.45) is 1.60. The monoisotopic (exact) mass is 242 g/mol. The van der Waals surface area contributed by atoms with Crippen LogP contribution >= 0.6 is 0 Å². The summed E-state index contributed by atoms with van der Waals surface area (Å²) in [5.41, 5.74) is 0. The van der Waals surface area contributed by atoms with Crippen molar-refractivity contribution < 1.29 is 9.47 Å². The number of rotatable bonds is 5. The van der Waals surface area contributed by atoms with Gasteiger partial charge in [0.1, 0.15) is 0 Å². The van der Waals surface area contributed by atoms with Gasteiger partial charge < -0.3 is 14.8 Å². The molecule has 0 aromatic heterocycles. The lowest BCUT2D eigenvalue weighted by Gasteiger charge is -2.36. The van der Waals surface area contributed by atoms with Gasteiger partial charge >= 0.3 is 0 Å². The minimum Gasteiger partial charge on any atom is -0.381 e. The molecular weight excluding hydrogens is 216 g/mol. The van der Waals surface area contributed by atoms with Gasteiger partial charge in [-0.1, -0.05) is 0 Å². The fourth-order valence-electron chi connectivity index (χ4n) is 2.56. The van der Waals surface area contributed by atoms with Crippen LogP contribution in [0, 0.1) is 5.92 Å². The highest BCUT2D eigenvalue weighted by molar-refractivity contribution is 4.76. The zero-order chi connectivity index (χ0) is 12.1. The third-order valence-electron chi connectivity index (χ3n) is 3.77. The van der Waals surface area contributed by atoms with E-state index in [1.807, 2.05) is 0 Å². The van der Waals surface area contributed by atoms with E-state index >= 15 is 0 Å². The summed E-state index contributed by atoms with van der Waals surface area (Å²) in [6.45, 7) is 11.5. The van der Waals surface area contributed by atoms with E-state index in [0.717, 1.165) is 51.9 Å². The lowest BCUT2D eigenvalue weighted by molar-refractivity contribution is -0.0486. The average Bonchev–Trinajstić information content (AvgIpc) is 2.82. The molecule has 0 aromatic carbocycles. The Labute approximate surface area is 105 Å². The van der Waals surface area contributed by atoms with Gasteiger partial charge in [-0.05, 0) is 26.2 Å². The van der Waals surface area contributed by atoms with Crippen LogP contribution in [0.25, 0.3) is 0 Å². The fraction of sp³-hybridized carbons (Fsp3) is 1.00. The van der Waals surface area contributed by atoms with Crippen molar-refractivity contribution in [2.24, 2.45) is 5.92 Å². The van der Waals surface area contributed by atoms with Gasteiger partial charge in [-0.25, -0.2) is 0 Å². The third kappa shape index (κ3) is 4.21. The molecule has 0 aliphatic carbocycles. The van der Waals surface area contributed by atoms with Crippen LogP contribution in [0.15, 0.2) is 0 Å². The van der Waals surface area contributed by atoms with Crippen molar-refractivity contribution in [3.8, 4) is 0 Å². The Morgan fingerprint density at radius 2 is 2.18 bits per heavy atom. The summed E-state index contributed by atoms with van der Waals surface area (Å²) in [5.74, 6) is 0.732. The lowest BCUT2D eigenvalue weighted by Crippen LogP contribution is -2.49. The first-order chi connectivity index (χ1) is 8.25. The van der Waals surface area contributed by atoms with Crippen molar-refractivity contribution in [1.82, 2.24) is 10.2 Å². The SMILES string of the molecule is CC1CN(CCNCC2CCOC2)C(C)CO1. The van der Waals surface area contributed by atoms with Crippen molar-refractivity contribution >= 4 is 0 Å². The quantitative estimate of drug-likeness (QED) is 0.720. The zero-order valence-electron chi connectivity index (χ0n) is 11.2. The van der Waals surface area contributed by atoms with Crippen LogP contribution in [0.2, 0.25) is 0 Å². The first-order valence-electron chi connectivity index (χ1n) is 6.90. The van der Waals surface area contributed by atoms with Crippen LogP contribution in [0.1, 0.15) is 20.3 Å². The molecule has 17 heavy (non-hydrogen) atoms. The Morgan fingerprint density at radius 1 is 1.29 bits per heavy atom. The van der Waals surface area contributed by atoms with Crippen LogP contribution in [0.4, 0.5) is 0 Å². The molecule has 2 rings (SSSR count). The minimum atomic E-state index is 0.384. The predicted molar refractivity (Wildman–Crippen MR) is 68.2 cm³/mol. The number of morpholine rings is 1. The first-order valence-corrected chi connectivity index (χ1v) is 6.90. The number of ether oxygens (including phenoxy) is 2. The van der Waals surface area contributed by atoms with E-state index in [2.05, 4.69) is 24.1 Å². The first kappa shape index (κ1) is 13.3. The second-order valence-corrected chi connectivity index (χ2v) is 5.42. The molecule has 2 fully saturated rings. The summed E-state index contributed by atoms with van der Waals surface area (Å²) in [6, 6.07) is 0.558. The van der Waals surface area contributed by atoms with Crippen molar-refractivity contribution in [3.63, 3.8) is 0 Å². The molecule has 1 N–H and O–H groups in total. The molecule has 0 aromatic rings. The number of nitrogens with zero attached hydrogens (tertiary/aromatic N) is 1. The Balaban J connectivity index is 1.57. The average molecular weight is 242 g/mol. The molecule has 0 bridgehead atoms. The maximum Gasteiger partial charge on any atom is 0.0674 e.